The molecule has 0 saturated carbocycles. The Morgan fingerprint density at radius 3 is 2.60 bits per heavy atom. The molecule has 4 rings (SSSR count). The molecule has 4 heteroatoms. The Balaban J connectivity index is 1.89. The molecule has 0 spiro atoms. The van der Waals surface area contributed by atoms with Gasteiger partial charge in [0, 0.05) is 17.1 Å². The van der Waals surface area contributed by atoms with Crippen molar-refractivity contribution in [2.75, 3.05) is 13.7 Å². The molecule has 2 aromatic rings. The summed E-state index contributed by atoms with van der Waals surface area (Å²) in [5, 5.41) is 3.67. The molecule has 1 unspecified atom stereocenters. The second kappa shape index (κ2) is 6.23. The van der Waals surface area contributed by atoms with Crippen LogP contribution in [0.15, 0.2) is 42.0 Å². The van der Waals surface area contributed by atoms with Gasteiger partial charge in [-0.15, -0.1) is 0 Å². The van der Waals surface area contributed by atoms with Crippen LogP contribution < -0.4 is 10.1 Å². The molecule has 1 heterocycles. The van der Waals surface area contributed by atoms with Crippen molar-refractivity contribution in [2.45, 2.75) is 19.8 Å². The first-order chi connectivity index (χ1) is 12.1. The molecule has 2 aromatic carbocycles. The molecule has 0 aromatic heterocycles. The van der Waals surface area contributed by atoms with Crippen LogP contribution >= 0.6 is 11.6 Å². The van der Waals surface area contributed by atoms with Gasteiger partial charge in [0.1, 0.15) is 5.75 Å². The van der Waals surface area contributed by atoms with Gasteiger partial charge < -0.3 is 10.1 Å². The molecule has 0 radical (unpaired) electrons. The van der Waals surface area contributed by atoms with E-state index in [0.717, 1.165) is 53.0 Å². The molecule has 1 fully saturated rings. The third kappa shape index (κ3) is 2.73. The fourth-order valence-electron chi connectivity index (χ4n) is 4.08. The molecular weight excluding hydrogens is 334 g/mol. The van der Waals surface area contributed by atoms with E-state index in [0.29, 0.717) is 10.9 Å². The van der Waals surface area contributed by atoms with Gasteiger partial charge in [0.15, 0.2) is 0 Å². The topological polar surface area (TPSA) is 38.3 Å². The lowest BCUT2D eigenvalue weighted by Crippen LogP contribution is -2.39. The summed E-state index contributed by atoms with van der Waals surface area (Å²) in [5.74, 6) is 1.20. The maximum atomic E-state index is 12.3. The van der Waals surface area contributed by atoms with Crippen molar-refractivity contribution in [3.63, 3.8) is 0 Å². The smallest absolute Gasteiger partial charge is 0.247 e. The Morgan fingerprint density at radius 1 is 1.16 bits per heavy atom. The predicted molar refractivity (Wildman–Crippen MR) is 101 cm³/mol. The minimum absolute atomic E-state index is 0.0744. The van der Waals surface area contributed by atoms with Crippen molar-refractivity contribution >= 4 is 23.1 Å². The number of amides is 1. The Hall–Kier alpha value is -2.26. The molecule has 1 N–H and O–H groups in total. The van der Waals surface area contributed by atoms with Crippen LogP contribution in [0.1, 0.15) is 24.5 Å². The fraction of sp³-hybridized carbons (Fsp3) is 0.286. The summed E-state index contributed by atoms with van der Waals surface area (Å²) in [6.07, 6.45) is 1.87. The number of piperidine rings is 1. The van der Waals surface area contributed by atoms with Crippen LogP contribution in [0.5, 0.6) is 5.75 Å². The number of hydrogen-bond acceptors (Lipinski definition) is 2. The summed E-state index contributed by atoms with van der Waals surface area (Å²) in [6, 6.07) is 12.1. The van der Waals surface area contributed by atoms with Crippen molar-refractivity contribution in [3.8, 4) is 16.9 Å². The van der Waals surface area contributed by atoms with Gasteiger partial charge in [-0.05, 0) is 77.8 Å². The van der Waals surface area contributed by atoms with E-state index in [1.165, 1.54) is 5.56 Å². The highest BCUT2D eigenvalue weighted by molar-refractivity contribution is 6.31. The number of benzene rings is 2. The maximum Gasteiger partial charge on any atom is 0.247 e. The number of nitrogens with one attached hydrogen (secondary N) is 1. The van der Waals surface area contributed by atoms with Crippen molar-refractivity contribution < 1.29 is 9.53 Å². The van der Waals surface area contributed by atoms with Gasteiger partial charge in [0.25, 0.3) is 0 Å². The highest BCUT2D eigenvalue weighted by atomic mass is 35.5. The zero-order valence-electron chi connectivity index (χ0n) is 14.4. The van der Waals surface area contributed by atoms with Gasteiger partial charge in [0.2, 0.25) is 5.91 Å². The normalized spacial score (nSPS) is 19.2. The number of carbonyl (C=O) groups excluding carboxylic acids is 1. The van der Waals surface area contributed by atoms with E-state index in [-0.39, 0.29) is 5.91 Å². The molecule has 0 bridgehead atoms. The zero-order valence-corrected chi connectivity index (χ0v) is 15.1. The third-order valence-corrected chi connectivity index (χ3v) is 5.52. The summed E-state index contributed by atoms with van der Waals surface area (Å²) in [4.78, 5) is 12.3. The average molecular weight is 354 g/mol. The highest BCUT2D eigenvalue weighted by Crippen LogP contribution is 2.43. The lowest BCUT2D eigenvalue weighted by Gasteiger charge is -2.33. The average Bonchev–Trinajstić information content (AvgIpc) is 2.62. The highest BCUT2D eigenvalue weighted by Gasteiger charge is 2.33. The lowest BCUT2D eigenvalue weighted by molar-refractivity contribution is -0.118. The largest absolute Gasteiger partial charge is 0.497 e. The molecule has 128 valence electrons. The van der Waals surface area contributed by atoms with Crippen molar-refractivity contribution in [1.82, 2.24) is 5.32 Å². The monoisotopic (exact) mass is 353 g/mol. The van der Waals surface area contributed by atoms with Crippen LogP contribution in [0.3, 0.4) is 0 Å². The fourth-order valence-corrected chi connectivity index (χ4v) is 4.29. The van der Waals surface area contributed by atoms with Gasteiger partial charge in [-0.25, -0.2) is 0 Å². The number of rotatable bonds is 2. The summed E-state index contributed by atoms with van der Waals surface area (Å²) in [5.41, 5.74) is 6.64. The molecular formula is C21H20ClNO2. The van der Waals surface area contributed by atoms with Gasteiger partial charge in [-0.2, -0.15) is 0 Å². The van der Waals surface area contributed by atoms with Crippen LogP contribution in [0, 0.1) is 5.92 Å². The number of fused-ring (bicyclic) bond motifs is 2. The minimum Gasteiger partial charge on any atom is -0.497 e. The molecule has 1 saturated heterocycles. The first-order valence-electron chi connectivity index (χ1n) is 8.54. The number of ether oxygens (including phenoxy) is 1. The number of halogens is 1. The van der Waals surface area contributed by atoms with Crippen LogP contribution in [0.2, 0.25) is 5.02 Å². The second-order valence-corrected chi connectivity index (χ2v) is 7.13. The van der Waals surface area contributed by atoms with Gasteiger partial charge >= 0.3 is 0 Å². The van der Waals surface area contributed by atoms with Crippen LogP contribution in [0.4, 0.5) is 0 Å². The van der Waals surface area contributed by atoms with Crippen molar-refractivity contribution in [1.29, 1.82) is 0 Å². The van der Waals surface area contributed by atoms with Crippen molar-refractivity contribution in [3.05, 3.63) is 58.1 Å². The number of methoxy groups -OCH3 is 1. The Labute approximate surface area is 152 Å². The maximum absolute atomic E-state index is 12.3. The quantitative estimate of drug-likeness (QED) is 0.864. The number of hydrogen-bond donors (Lipinski definition) is 1. The van der Waals surface area contributed by atoms with Gasteiger partial charge in [0.05, 0.1) is 7.11 Å². The SMILES string of the molecule is COc1ccc(-c2cc(Cl)cc3c2CC2CCNC(=O)C2=C3C)cc1. The Kier molecular flexibility index (Phi) is 4.04. The van der Waals surface area contributed by atoms with E-state index in [4.69, 9.17) is 16.3 Å². The Bertz CT molecular complexity index is 884. The molecule has 25 heavy (non-hydrogen) atoms. The van der Waals surface area contributed by atoms with E-state index >= 15 is 0 Å². The molecule has 2 aliphatic rings. The molecule has 1 aliphatic carbocycles. The third-order valence-electron chi connectivity index (χ3n) is 5.31. The van der Waals surface area contributed by atoms with E-state index in [1.807, 2.05) is 31.2 Å². The molecule has 3 nitrogen and oxygen atoms in total. The summed E-state index contributed by atoms with van der Waals surface area (Å²) in [7, 11) is 1.67. The van der Waals surface area contributed by atoms with Crippen LogP contribution in [-0.2, 0) is 11.2 Å². The number of carbonyl (C=O) groups is 1. The van der Waals surface area contributed by atoms with Crippen LogP contribution in [-0.4, -0.2) is 19.6 Å². The summed E-state index contributed by atoms with van der Waals surface area (Å²) in [6.45, 7) is 2.79. The van der Waals surface area contributed by atoms with E-state index in [1.54, 1.807) is 7.11 Å². The molecule has 1 atom stereocenters. The van der Waals surface area contributed by atoms with Gasteiger partial charge in [-0.1, -0.05) is 23.7 Å². The number of allylic oxidation sites excluding steroid dienone is 1. The summed E-state index contributed by atoms with van der Waals surface area (Å²) >= 11 is 6.42. The minimum atomic E-state index is 0.0744. The Morgan fingerprint density at radius 2 is 1.88 bits per heavy atom. The van der Waals surface area contributed by atoms with E-state index < -0.39 is 0 Å². The summed E-state index contributed by atoms with van der Waals surface area (Å²) < 4.78 is 5.26. The first-order valence-corrected chi connectivity index (χ1v) is 8.92. The van der Waals surface area contributed by atoms with E-state index in [2.05, 4.69) is 17.4 Å². The standard InChI is InChI=1S/C21H20ClNO2/c1-12-17-10-15(22)11-18(13-3-5-16(25-2)6-4-13)19(17)9-14-7-8-23-21(24)20(12)14/h3-6,10-11,14H,7-9H2,1-2H3,(H,23,24). The molecule has 1 amide bonds. The predicted octanol–water partition coefficient (Wildman–Crippen LogP) is 4.48. The van der Waals surface area contributed by atoms with E-state index in [9.17, 15) is 4.79 Å². The van der Waals surface area contributed by atoms with Crippen LogP contribution in [0.25, 0.3) is 16.7 Å². The molecule has 1 aliphatic heterocycles. The second-order valence-electron chi connectivity index (χ2n) is 6.69. The zero-order chi connectivity index (χ0) is 17.6. The first kappa shape index (κ1) is 16.2. The van der Waals surface area contributed by atoms with Gasteiger partial charge in [-0.3, -0.25) is 4.79 Å². The lowest BCUT2D eigenvalue weighted by atomic mass is 9.74. The van der Waals surface area contributed by atoms with Crippen molar-refractivity contribution in [2.24, 2.45) is 5.92 Å².